The van der Waals surface area contributed by atoms with Crippen LogP contribution in [0.1, 0.15) is 20.3 Å². The SMILES string of the molecule is C[C@@H](C=NC=N)C[C@H](C)N=NN. The summed E-state index contributed by atoms with van der Waals surface area (Å²) >= 11 is 0. The lowest BCUT2D eigenvalue weighted by molar-refractivity contribution is 0.568. The molecule has 0 unspecified atom stereocenters. The number of nitrogens with two attached hydrogens (primary N) is 1. The highest BCUT2D eigenvalue weighted by molar-refractivity contribution is 5.71. The van der Waals surface area contributed by atoms with Crippen molar-refractivity contribution in [3.8, 4) is 0 Å². The van der Waals surface area contributed by atoms with E-state index in [2.05, 4.69) is 15.3 Å². The van der Waals surface area contributed by atoms with Gasteiger partial charge in [0.1, 0.15) is 6.34 Å². The van der Waals surface area contributed by atoms with Crippen molar-refractivity contribution in [2.24, 2.45) is 27.1 Å². The van der Waals surface area contributed by atoms with E-state index >= 15 is 0 Å². The minimum absolute atomic E-state index is 0.113. The highest BCUT2D eigenvalue weighted by Crippen LogP contribution is 2.06. The van der Waals surface area contributed by atoms with E-state index in [1.165, 1.54) is 0 Å². The standard InChI is InChI=1S/C7H15N5/c1-6(4-10-5-8)3-7(2)11-12-9/h4-8H,3H2,1-2H3,(H2,9,11)/t6-,7+/m1/s1. The summed E-state index contributed by atoms with van der Waals surface area (Å²) in [5.74, 6) is 5.19. The third-order valence-corrected chi connectivity index (χ3v) is 1.39. The lowest BCUT2D eigenvalue weighted by Gasteiger charge is -2.06. The molecule has 0 aromatic carbocycles. The van der Waals surface area contributed by atoms with Gasteiger partial charge in [-0.2, -0.15) is 5.11 Å². The summed E-state index contributed by atoms with van der Waals surface area (Å²) in [6.07, 6.45) is 3.58. The second-order valence-corrected chi connectivity index (χ2v) is 2.72. The van der Waals surface area contributed by atoms with Crippen LogP contribution in [0.25, 0.3) is 0 Å². The average molecular weight is 169 g/mol. The van der Waals surface area contributed by atoms with Gasteiger partial charge in [0, 0.05) is 6.21 Å². The molecule has 0 heterocycles. The molecular formula is C7H15N5. The molecule has 0 aliphatic carbocycles. The number of hydrogen-bond acceptors (Lipinski definition) is 3. The molecule has 0 aromatic heterocycles. The molecule has 5 heteroatoms. The Hall–Kier alpha value is -1.26. The molecule has 3 N–H and O–H groups in total. The molecule has 0 spiro atoms. The van der Waals surface area contributed by atoms with Crippen LogP contribution in [0.4, 0.5) is 0 Å². The molecule has 0 fully saturated rings. The largest absolute Gasteiger partial charge is 0.305 e. The number of nitrogens with one attached hydrogen (secondary N) is 1. The second kappa shape index (κ2) is 6.45. The van der Waals surface area contributed by atoms with Crippen LogP contribution in [0.3, 0.4) is 0 Å². The molecule has 0 saturated heterocycles. The van der Waals surface area contributed by atoms with Crippen molar-refractivity contribution >= 4 is 12.6 Å². The summed E-state index contributed by atoms with van der Waals surface area (Å²) in [5.41, 5.74) is 0. The first-order valence-electron chi connectivity index (χ1n) is 3.83. The van der Waals surface area contributed by atoms with Gasteiger partial charge >= 0.3 is 0 Å². The number of hydrogen-bond donors (Lipinski definition) is 2. The summed E-state index contributed by atoms with van der Waals surface area (Å²) in [6.45, 7) is 3.95. The van der Waals surface area contributed by atoms with Crippen LogP contribution >= 0.6 is 0 Å². The number of rotatable bonds is 5. The zero-order valence-corrected chi connectivity index (χ0v) is 7.44. The Morgan fingerprint density at radius 1 is 1.50 bits per heavy atom. The van der Waals surface area contributed by atoms with Crippen molar-refractivity contribution in [3.63, 3.8) is 0 Å². The van der Waals surface area contributed by atoms with Gasteiger partial charge < -0.3 is 5.84 Å². The lowest BCUT2D eigenvalue weighted by atomic mass is 10.1. The smallest absolute Gasteiger partial charge is 0.106 e. The molecule has 68 valence electrons. The monoisotopic (exact) mass is 169 g/mol. The van der Waals surface area contributed by atoms with Crippen molar-refractivity contribution in [1.29, 1.82) is 5.41 Å². The summed E-state index contributed by atoms with van der Waals surface area (Å²) < 4.78 is 0. The number of aliphatic imine (C=N–C) groups is 1. The fraction of sp³-hybridized carbons (Fsp3) is 0.714. The normalized spacial score (nSPS) is 16.8. The van der Waals surface area contributed by atoms with E-state index in [0.29, 0.717) is 5.92 Å². The van der Waals surface area contributed by atoms with E-state index in [4.69, 9.17) is 11.3 Å². The Morgan fingerprint density at radius 2 is 2.17 bits per heavy atom. The maximum absolute atomic E-state index is 6.67. The van der Waals surface area contributed by atoms with Crippen LogP contribution in [0.2, 0.25) is 0 Å². The van der Waals surface area contributed by atoms with E-state index in [9.17, 15) is 0 Å². The van der Waals surface area contributed by atoms with Gasteiger partial charge in [-0.1, -0.05) is 12.1 Å². The molecule has 0 aliphatic heterocycles. The van der Waals surface area contributed by atoms with Crippen molar-refractivity contribution in [3.05, 3.63) is 0 Å². The van der Waals surface area contributed by atoms with Gasteiger partial charge in [-0.05, 0) is 19.3 Å². The highest BCUT2D eigenvalue weighted by Gasteiger charge is 2.04. The van der Waals surface area contributed by atoms with Crippen molar-refractivity contribution in [2.45, 2.75) is 26.3 Å². The van der Waals surface area contributed by atoms with Crippen LogP contribution in [0.15, 0.2) is 15.3 Å². The third-order valence-electron chi connectivity index (χ3n) is 1.39. The van der Waals surface area contributed by atoms with E-state index in [-0.39, 0.29) is 6.04 Å². The quantitative estimate of drug-likeness (QED) is 0.210. The Labute approximate surface area is 72.3 Å². The van der Waals surface area contributed by atoms with Gasteiger partial charge in [-0.15, -0.1) is 0 Å². The highest BCUT2D eigenvalue weighted by atomic mass is 15.3. The maximum atomic E-state index is 6.67. The maximum Gasteiger partial charge on any atom is 0.106 e. The zero-order valence-electron chi connectivity index (χ0n) is 7.44. The number of nitrogens with zero attached hydrogens (tertiary/aromatic N) is 3. The van der Waals surface area contributed by atoms with Crippen LogP contribution in [-0.2, 0) is 0 Å². The van der Waals surface area contributed by atoms with Crippen LogP contribution in [0, 0.1) is 11.3 Å². The molecule has 0 aliphatic rings. The minimum Gasteiger partial charge on any atom is -0.305 e. The zero-order chi connectivity index (χ0) is 9.40. The topological polar surface area (TPSA) is 87.0 Å². The molecule has 0 radical (unpaired) electrons. The molecule has 0 saturated carbocycles. The molecule has 0 rings (SSSR count). The molecule has 5 nitrogen and oxygen atoms in total. The Morgan fingerprint density at radius 3 is 2.67 bits per heavy atom. The fourth-order valence-electron chi connectivity index (χ4n) is 0.950. The fourth-order valence-corrected chi connectivity index (χ4v) is 0.950. The molecular weight excluding hydrogens is 154 g/mol. The molecule has 0 aromatic rings. The first kappa shape index (κ1) is 10.7. The Balaban J connectivity index is 3.74. The van der Waals surface area contributed by atoms with Gasteiger partial charge in [0.15, 0.2) is 0 Å². The van der Waals surface area contributed by atoms with Crippen LogP contribution in [0.5, 0.6) is 0 Å². The van der Waals surface area contributed by atoms with E-state index < -0.39 is 0 Å². The lowest BCUT2D eigenvalue weighted by Crippen LogP contribution is -2.07. The van der Waals surface area contributed by atoms with E-state index in [1.54, 1.807) is 6.21 Å². The Kier molecular flexibility index (Phi) is 5.77. The van der Waals surface area contributed by atoms with Gasteiger partial charge in [0.05, 0.1) is 6.04 Å². The first-order chi connectivity index (χ1) is 5.70. The Bertz CT molecular complexity index is 175. The predicted molar refractivity (Wildman–Crippen MR) is 49.6 cm³/mol. The summed E-state index contributed by atoms with van der Waals surface area (Å²) in [5, 5.41) is 13.6. The van der Waals surface area contributed by atoms with Gasteiger partial charge in [0.2, 0.25) is 0 Å². The van der Waals surface area contributed by atoms with Crippen LogP contribution < -0.4 is 5.84 Å². The van der Waals surface area contributed by atoms with Gasteiger partial charge in [-0.3, -0.25) is 5.41 Å². The van der Waals surface area contributed by atoms with E-state index in [1.807, 2.05) is 13.8 Å². The summed E-state index contributed by atoms with van der Waals surface area (Å²) in [6, 6.07) is 0.113. The van der Waals surface area contributed by atoms with E-state index in [0.717, 1.165) is 12.8 Å². The van der Waals surface area contributed by atoms with Crippen molar-refractivity contribution in [2.75, 3.05) is 0 Å². The molecule has 0 amide bonds. The van der Waals surface area contributed by atoms with Crippen molar-refractivity contribution in [1.82, 2.24) is 0 Å². The second-order valence-electron chi connectivity index (χ2n) is 2.72. The molecule has 2 atom stereocenters. The van der Waals surface area contributed by atoms with Crippen LogP contribution in [-0.4, -0.2) is 18.6 Å². The van der Waals surface area contributed by atoms with Crippen molar-refractivity contribution < 1.29 is 0 Å². The summed E-state index contributed by atoms with van der Waals surface area (Å²) in [4.78, 5) is 3.70. The van der Waals surface area contributed by atoms with Gasteiger partial charge in [0.25, 0.3) is 0 Å². The molecule has 0 bridgehead atoms. The predicted octanol–water partition coefficient (Wildman–Crippen LogP) is 1.40. The first-order valence-corrected chi connectivity index (χ1v) is 3.83. The van der Waals surface area contributed by atoms with Gasteiger partial charge in [-0.25, -0.2) is 4.99 Å². The summed E-state index contributed by atoms with van der Waals surface area (Å²) in [7, 11) is 0. The molecule has 12 heavy (non-hydrogen) atoms. The average Bonchev–Trinajstić information content (AvgIpc) is 2.01. The minimum atomic E-state index is 0.113. The third kappa shape index (κ3) is 5.52.